The van der Waals surface area contributed by atoms with E-state index in [0.29, 0.717) is 13.0 Å². The van der Waals surface area contributed by atoms with Gasteiger partial charge in [0.25, 0.3) is 0 Å². The van der Waals surface area contributed by atoms with E-state index in [2.05, 4.69) is 10.6 Å². The van der Waals surface area contributed by atoms with Gasteiger partial charge in [-0.2, -0.15) is 13.2 Å². The molecular weight excluding hydrogens is 299 g/mol. The second-order valence-corrected chi connectivity index (χ2v) is 5.94. The molecule has 8 heteroatoms. The van der Waals surface area contributed by atoms with E-state index in [-0.39, 0.29) is 31.1 Å². The molecule has 1 fully saturated rings. The average molecular weight is 325 g/mol. The van der Waals surface area contributed by atoms with Gasteiger partial charge in [-0.1, -0.05) is 12.8 Å². The number of carbonyl (C=O) groups is 1. The van der Waals surface area contributed by atoms with E-state index in [1.54, 1.807) is 0 Å². The van der Waals surface area contributed by atoms with Crippen LogP contribution in [0.5, 0.6) is 0 Å². The number of rotatable bonds is 7. The number of aliphatic hydroxyl groups excluding tert-OH is 1. The Morgan fingerprint density at radius 1 is 1.32 bits per heavy atom. The topological polar surface area (TPSA) is 64.6 Å². The predicted octanol–water partition coefficient (Wildman–Crippen LogP) is 1.72. The van der Waals surface area contributed by atoms with Gasteiger partial charge in [0.05, 0.1) is 6.54 Å². The van der Waals surface area contributed by atoms with Crippen LogP contribution in [0.2, 0.25) is 0 Å². The van der Waals surface area contributed by atoms with Crippen LogP contribution in [0.25, 0.3) is 0 Å². The Kier molecular flexibility index (Phi) is 7.95. The van der Waals surface area contributed by atoms with Crippen LogP contribution in [-0.2, 0) is 0 Å². The monoisotopic (exact) mass is 325 g/mol. The second-order valence-electron chi connectivity index (χ2n) is 5.94. The van der Waals surface area contributed by atoms with Gasteiger partial charge in [-0.15, -0.1) is 0 Å². The first-order valence-electron chi connectivity index (χ1n) is 7.72. The van der Waals surface area contributed by atoms with E-state index in [1.807, 2.05) is 0 Å². The Labute approximate surface area is 129 Å². The molecule has 130 valence electrons. The summed E-state index contributed by atoms with van der Waals surface area (Å²) in [6.07, 6.45) is 0.116. The molecule has 2 atom stereocenters. The van der Waals surface area contributed by atoms with Crippen LogP contribution >= 0.6 is 0 Å². The summed E-state index contributed by atoms with van der Waals surface area (Å²) in [6.45, 7) is -0.292. The first kappa shape index (κ1) is 19.0. The number of halogens is 3. The third kappa shape index (κ3) is 7.84. The number of nitrogens with zero attached hydrogens (tertiary/aromatic N) is 1. The highest BCUT2D eigenvalue weighted by molar-refractivity contribution is 5.74. The van der Waals surface area contributed by atoms with Crippen LogP contribution < -0.4 is 10.6 Å². The maximum atomic E-state index is 12.1. The first-order chi connectivity index (χ1) is 10.3. The van der Waals surface area contributed by atoms with E-state index >= 15 is 0 Å². The van der Waals surface area contributed by atoms with Gasteiger partial charge in [0.1, 0.15) is 0 Å². The van der Waals surface area contributed by atoms with Crippen molar-refractivity contribution in [3.8, 4) is 0 Å². The zero-order valence-corrected chi connectivity index (χ0v) is 13.0. The minimum absolute atomic E-state index is 0.0216. The van der Waals surface area contributed by atoms with Gasteiger partial charge in [-0.05, 0) is 32.9 Å². The van der Waals surface area contributed by atoms with Gasteiger partial charge in [-0.25, -0.2) is 4.79 Å². The number of alkyl halides is 3. The smallest absolute Gasteiger partial charge is 0.396 e. The van der Waals surface area contributed by atoms with Crippen LogP contribution in [0.15, 0.2) is 0 Å². The standard InChI is InChI=1S/C14H26F3N3O2/c1-20(10-14(15,16)17)8-4-7-18-13(22)19-12-6-3-2-5-11(12)9-21/h11-12,21H,2-10H2,1H3,(H2,18,19,22). The lowest BCUT2D eigenvalue weighted by Gasteiger charge is -2.30. The number of amides is 2. The fourth-order valence-corrected chi connectivity index (χ4v) is 2.77. The predicted molar refractivity (Wildman–Crippen MR) is 77.5 cm³/mol. The van der Waals surface area contributed by atoms with Crippen molar-refractivity contribution in [2.45, 2.75) is 44.3 Å². The summed E-state index contributed by atoms with van der Waals surface area (Å²) >= 11 is 0. The van der Waals surface area contributed by atoms with Crippen LogP contribution in [0.3, 0.4) is 0 Å². The molecule has 5 nitrogen and oxygen atoms in total. The highest BCUT2D eigenvalue weighted by atomic mass is 19.4. The Bertz CT molecular complexity index is 340. The van der Waals surface area contributed by atoms with Gasteiger partial charge >= 0.3 is 12.2 Å². The number of hydrogen-bond acceptors (Lipinski definition) is 3. The number of nitrogens with one attached hydrogen (secondary N) is 2. The molecule has 1 aliphatic rings. The quantitative estimate of drug-likeness (QED) is 0.625. The van der Waals surface area contributed by atoms with Crippen molar-refractivity contribution < 1.29 is 23.1 Å². The molecule has 1 aliphatic carbocycles. The normalized spacial score (nSPS) is 22.6. The molecule has 3 N–H and O–H groups in total. The molecule has 22 heavy (non-hydrogen) atoms. The lowest BCUT2D eigenvalue weighted by atomic mass is 9.85. The molecular formula is C14H26F3N3O2. The molecule has 2 amide bonds. The van der Waals surface area contributed by atoms with Gasteiger partial charge < -0.3 is 15.7 Å². The highest BCUT2D eigenvalue weighted by Gasteiger charge is 2.29. The summed E-state index contributed by atoms with van der Waals surface area (Å²) in [6, 6.07) is -0.338. The summed E-state index contributed by atoms with van der Waals surface area (Å²) in [5.41, 5.74) is 0. The Morgan fingerprint density at radius 3 is 2.64 bits per heavy atom. The third-order valence-corrected chi connectivity index (χ3v) is 3.91. The average Bonchev–Trinajstić information content (AvgIpc) is 2.42. The number of hydrogen-bond donors (Lipinski definition) is 3. The summed E-state index contributed by atoms with van der Waals surface area (Å²) in [5, 5.41) is 14.8. The number of aliphatic hydroxyl groups is 1. The van der Waals surface area contributed by atoms with E-state index in [9.17, 15) is 23.1 Å². The van der Waals surface area contributed by atoms with Gasteiger partial charge in [0, 0.05) is 25.1 Å². The van der Waals surface area contributed by atoms with E-state index in [1.165, 1.54) is 11.9 Å². The summed E-state index contributed by atoms with van der Waals surface area (Å²) in [4.78, 5) is 12.9. The van der Waals surface area contributed by atoms with Gasteiger partial charge in [-0.3, -0.25) is 4.90 Å². The summed E-state index contributed by atoms with van der Waals surface area (Å²) in [7, 11) is 1.40. The molecule has 0 aromatic carbocycles. The third-order valence-electron chi connectivity index (χ3n) is 3.91. The largest absolute Gasteiger partial charge is 0.401 e. The molecule has 1 rings (SSSR count). The van der Waals surface area contributed by atoms with E-state index in [4.69, 9.17) is 0 Å². The molecule has 0 saturated heterocycles. The molecule has 1 saturated carbocycles. The molecule has 0 bridgehead atoms. The Balaban J connectivity index is 2.15. The molecule has 0 heterocycles. The SMILES string of the molecule is CN(CCCNC(=O)NC1CCCCC1CO)CC(F)(F)F. The summed E-state index contributed by atoms with van der Waals surface area (Å²) < 4.78 is 36.4. The Hall–Kier alpha value is -1.02. The van der Waals surface area contributed by atoms with Crippen molar-refractivity contribution in [3.63, 3.8) is 0 Å². The number of urea groups is 1. The molecule has 0 aromatic rings. The summed E-state index contributed by atoms with van der Waals surface area (Å²) in [5.74, 6) is 0.0948. The van der Waals surface area contributed by atoms with E-state index < -0.39 is 12.7 Å². The molecule has 0 aromatic heterocycles. The van der Waals surface area contributed by atoms with Crippen LogP contribution in [0.1, 0.15) is 32.1 Å². The molecule has 2 unspecified atom stereocenters. The molecule has 0 radical (unpaired) electrons. The van der Waals surface area contributed by atoms with Crippen molar-refractivity contribution in [3.05, 3.63) is 0 Å². The van der Waals surface area contributed by atoms with E-state index in [0.717, 1.165) is 25.7 Å². The minimum Gasteiger partial charge on any atom is -0.396 e. The maximum Gasteiger partial charge on any atom is 0.401 e. The zero-order valence-electron chi connectivity index (χ0n) is 13.0. The van der Waals surface area contributed by atoms with Gasteiger partial charge in [0.2, 0.25) is 0 Å². The molecule has 0 aliphatic heterocycles. The van der Waals surface area contributed by atoms with Crippen molar-refractivity contribution >= 4 is 6.03 Å². The highest BCUT2D eigenvalue weighted by Crippen LogP contribution is 2.23. The van der Waals surface area contributed by atoms with Crippen molar-refractivity contribution in [1.82, 2.24) is 15.5 Å². The maximum absolute atomic E-state index is 12.1. The lowest BCUT2D eigenvalue weighted by Crippen LogP contribution is -2.48. The zero-order chi connectivity index (χ0) is 16.6. The fraction of sp³-hybridized carbons (Fsp3) is 0.929. The van der Waals surface area contributed by atoms with Crippen molar-refractivity contribution in [2.24, 2.45) is 5.92 Å². The van der Waals surface area contributed by atoms with Crippen LogP contribution in [-0.4, -0.2) is 61.5 Å². The Morgan fingerprint density at radius 2 is 2.00 bits per heavy atom. The van der Waals surface area contributed by atoms with Crippen LogP contribution in [0, 0.1) is 5.92 Å². The first-order valence-corrected chi connectivity index (χ1v) is 7.72. The van der Waals surface area contributed by atoms with Crippen molar-refractivity contribution in [1.29, 1.82) is 0 Å². The molecule has 0 spiro atoms. The minimum atomic E-state index is -4.19. The fourth-order valence-electron chi connectivity index (χ4n) is 2.77. The number of carbonyl (C=O) groups excluding carboxylic acids is 1. The lowest BCUT2D eigenvalue weighted by molar-refractivity contribution is -0.143. The van der Waals surface area contributed by atoms with Crippen LogP contribution in [0.4, 0.5) is 18.0 Å². The van der Waals surface area contributed by atoms with Crippen molar-refractivity contribution in [2.75, 3.05) is 33.3 Å². The second kappa shape index (κ2) is 9.19. The van der Waals surface area contributed by atoms with Gasteiger partial charge in [0.15, 0.2) is 0 Å².